The number of nitrogens with zero attached hydrogens (tertiary/aromatic N) is 3. The normalized spacial score (nSPS) is 39.6. The number of alkyl halides is 4. The summed E-state index contributed by atoms with van der Waals surface area (Å²) in [5, 5.41) is 13.7. The van der Waals surface area contributed by atoms with E-state index in [9.17, 15) is 27.9 Å². The molecule has 7 rings (SSSR count). The van der Waals surface area contributed by atoms with Crippen molar-refractivity contribution < 1.29 is 27.8 Å². The molecule has 268 valence electrons. The Morgan fingerprint density at radius 3 is 2.67 bits per heavy atom. The number of aliphatic carboxylic acids is 1. The van der Waals surface area contributed by atoms with Gasteiger partial charge in [-0.1, -0.05) is 6.92 Å². The lowest BCUT2D eigenvalue weighted by Crippen LogP contribution is -2.59. The molecule has 1 spiro atoms. The Bertz CT molecular complexity index is 1440. The van der Waals surface area contributed by atoms with Crippen LogP contribution in [0.15, 0.2) is 4.79 Å². The molecular weight excluding hydrogens is 665 g/mol. The van der Waals surface area contributed by atoms with Crippen LogP contribution in [0.4, 0.5) is 13.2 Å². The number of carboxylic acids is 1. The van der Waals surface area contributed by atoms with E-state index in [1.165, 1.54) is 0 Å². The number of ether oxygens (including phenoxy) is 1. The van der Waals surface area contributed by atoms with Gasteiger partial charge in [-0.15, -0.1) is 11.6 Å². The van der Waals surface area contributed by atoms with Gasteiger partial charge in [0.25, 0.3) is 5.56 Å². The van der Waals surface area contributed by atoms with E-state index in [-0.39, 0.29) is 57.7 Å². The molecule has 4 heterocycles. The fraction of sp³-hybridized carbons (Fsp3) is 0.857. The quantitative estimate of drug-likeness (QED) is 0.356. The second-order valence-electron chi connectivity index (χ2n) is 15.8. The molecule has 48 heavy (non-hydrogen) atoms. The summed E-state index contributed by atoms with van der Waals surface area (Å²) < 4.78 is 51.3. The fourth-order valence-electron chi connectivity index (χ4n) is 10.3. The molecule has 2 saturated carbocycles. The third kappa shape index (κ3) is 6.48. The number of fused-ring (bicyclic) bond motifs is 3. The number of piperidine rings is 2. The van der Waals surface area contributed by atoms with E-state index in [0.29, 0.717) is 56.1 Å². The van der Waals surface area contributed by atoms with Crippen LogP contribution in [-0.4, -0.2) is 91.5 Å². The Labute approximate surface area is 290 Å². The minimum Gasteiger partial charge on any atom is -0.481 e. The molecule has 1 aromatic rings. The van der Waals surface area contributed by atoms with Crippen molar-refractivity contribution in [2.45, 2.75) is 144 Å². The zero-order valence-electron chi connectivity index (χ0n) is 28.2. The van der Waals surface area contributed by atoms with Crippen LogP contribution in [0.25, 0.3) is 0 Å². The second kappa shape index (κ2) is 13.3. The van der Waals surface area contributed by atoms with Crippen LogP contribution < -0.4 is 10.9 Å². The maximum Gasteiger partial charge on any atom is 0.404 e. The van der Waals surface area contributed by atoms with Crippen molar-refractivity contribution in [1.82, 2.24) is 19.8 Å². The topological polar surface area (TPSA) is 96.7 Å². The van der Waals surface area contributed by atoms with Crippen LogP contribution in [-0.2, 0) is 27.9 Å². The van der Waals surface area contributed by atoms with Gasteiger partial charge in [0.2, 0.25) is 0 Å². The minimum atomic E-state index is -4.30. The molecule has 3 aliphatic heterocycles. The first-order chi connectivity index (χ1) is 22.8. The number of likely N-dealkylation sites (tertiary alicyclic amines) is 1. The SMILES string of the molecule is Cc1nc2c(c(=O)n1CCOC1CCC(Cl)CC1C1CC(C)NC3C(C(=O)O)CSC13)C[C@@H](N1CCCC(C)[C@@H]1C(F)(F)F)CC21CC1. The average molecular weight is 715 g/mol. The maximum atomic E-state index is 14.3. The lowest BCUT2D eigenvalue weighted by Gasteiger charge is -2.47. The van der Waals surface area contributed by atoms with E-state index in [1.54, 1.807) is 28.2 Å². The number of carbonyl (C=O) groups is 1. The molecule has 0 radical (unpaired) electrons. The maximum absolute atomic E-state index is 14.3. The molecule has 6 aliphatic rings. The Morgan fingerprint density at radius 1 is 1.19 bits per heavy atom. The zero-order valence-corrected chi connectivity index (χ0v) is 29.8. The number of aryl methyl sites for hydroxylation is 1. The predicted molar refractivity (Wildman–Crippen MR) is 180 cm³/mol. The minimum absolute atomic E-state index is 0.0403. The monoisotopic (exact) mass is 714 g/mol. The first-order valence-electron chi connectivity index (χ1n) is 18.1. The molecule has 3 saturated heterocycles. The molecule has 13 heteroatoms. The van der Waals surface area contributed by atoms with Gasteiger partial charge >= 0.3 is 12.1 Å². The number of carboxylic acid groups (broad SMARTS) is 1. The van der Waals surface area contributed by atoms with Gasteiger partial charge in [-0.3, -0.25) is 19.1 Å². The summed E-state index contributed by atoms with van der Waals surface area (Å²) in [4.78, 5) is 32.8. The highest BCUT2D eigenvalue weighted by Crippen LogP contribution is 2.56. The van der Waals surface area contributed by atoms with E-state index in [0.717, 1.165) is 50.6 Å². The smallest absolute Gasteiger partial charge is 0.404 e. The number of rotatable bonds is 7. The second-order valence-corrected chi connectivity index (χ2v) is 17.7. The molecule has 8 nitrogen and oxygen atoms in total. The fourth-order valence-corrected chi connectivity index (χ4v) is 12.5. The number of halogens is 4. The molecule has 9 unspecified atom stereocenters. The van der Waals surface area contributed by atoms with Gasteiger partial charge in [0.15, 0.2) is 0 Å². The van der Waals surface area contributed by atoms with E-state index < -0.39 is 30.0 Å². The Hall–Kier alpha value is -1.34. The molecule has 0 bridgehead atoms. The summed E-state index contributed by atoms with van der Waals surface area (Å²) in [6.07, 6.45) is 3.04. The van der Waals surface area contributed by atoms with Crippen molar-refractivity contribution in [2.75, 3.05) is 18.9 Å². The molecule has 3 aliphatic carbocycles. The molecule has 0 amide bonds. The van der Waals surface area contributed by atoms with Crippen molar-refractivity contribution in [1.29, 1.82) is 0 Å². The standard InChI is InChI=1S/C35H50ClF3N4O4S/c1-18-5-4-10-43(31(18)35(37,38)39)22-15-25-30(34(16-22)8-9-34)41-20(3)42(32(25)44)11-12-47-27-7-6-21(36)14-23(27)24-13-19(2)40-28-26(33(45)46)17-48-29(24)28/h18-19,21-24,26-29,31,40H,4-17H2,1-3H3,(H,45,46)/t18?,19?,21?,22-,23?,24?,26?,27?,28?,29?,31-/m1/s1. The summed E-state index contributed by atoms with van der Waals surface area (Å²) >= 11 is 8.50. The lowest BCUT2D eigenvalue weighted by molar-refractivity contribution is -0.211. The van der Waals surface area contributed by atoms with E-state index in [1.807, 2.05) is 6.92 Å². The van der Waals surface area contributed by atoms with Crippen molar-refractivity contribution in [3.63, 3.8) is 0 Å². The first-order valence-corrected chi connectivity index (χ1v) is 19.6. The third-order valence-corrected chi connectivity index (χ3v) is 14.7. The van der Waals surface area contributed by atoms with Crippen LogP contribution >= 0.6 is 23.4 Å². The van der Waals surface area contributed by atoms with E-state index in [2.05, 4.69) is 12.2 Å². The summed E-state index contributed by atoms with van der Waals surface area (Å²) in [6, 6.07) is -1.67. The highest BCUT2D eigenvalue weighted by atomic mass is 35.5. The van der Waals surface area contributed by atoms with Crippen LogP contribution in [0.3, 0.4) is 0 Å². The molecule has 2 N–H and O–H groups in total. The third-order valence-electron chi connectivity index (χ3n) is 12.7. The van der Waals surface area contributed by atoms with Crippen LogP contribution in [0, 0.1) is 30.6 Å². The van der Waals surface area contributed by atoms with Crippen LogP contribution in [0.2, 0.25) is 0 Å². The Morgan fingerprint density at radius 2 is 1.96 bits per heavy atom. The van der Waals surface area contributed by atoms with Crippen molar-refractivity contribution >= 4 is 29.3 Å². The van der Waals surface area contributed by atoms with Gasteiger partial charge in [-0.25, -0.2) is 4.98 Å². The molecule has 5 fully saturated rings. The summed E-state index contributed by atoms with van der Waals surface area (Å²) in [7, 11) is 0. The lowest BCUT2D eigenvalue weighted by atomic mass is 9.70. The van der Waals surface area contributed by atoms with Gasteiger partial charge in [-0.2, -0.15) is 24.9 Å². The first kappa shape index (κ1) is 35.1. The summed E-state index contributed by atoms with van der Waals surface area (Å²) in [5.41, 5.74) is 0.985. The number of thioether (sulfide) groups is 1. The van der Waals surface area contributed by atoms with E-state index >= 15 is 0 Å². The van der Waals surface area contributed by atoms with Gasteiger partial charge in [-0.05, 0) is 102 Å². The molecule has 11 atom stereocenters. The predicted octanol–water partition coefficient (Wildman–Crippen LogP) is 5.54. The molecule has 1 aromatic heterocycles. The highest BCUT2D eigenvalue weighted by molar-refractivity contribution is 8.00. The summed E-state index contributed by atoms with van der Waals surface area (Å²) in [6.45, 7) is 6.75. The van der Waals surface area contributed by atoms with Gasteiger partial charge in [0.1, 0.15) is 11.9 Å². The van der Waals surface area contributed by atoms with Crippen molar-refractivity contribution in [2.24, 2.45) is 23.7 Å². The van der Waals surface area contributed by atoms with Gasteiger partial charge < -0.3 is 15.2 Å². The van der Waals surface area contributed by atoms with Gasteiger partial charge in [0.05, 0.1) is 30.9 Å². The number of aromatic nitrogens is 2. The largest absolute Gasteiger partial charge is 0.481 e. The Balaban J connectivity index is 1.08. The number of hydrogen-bond donors (Lipinski definition) is 2. The zero-order chi connectivity index (χ0) is 34.1. The average Bonchev–Trinajstić information content (AvgIpc) is 3.65. The Kier molecular flexibility index (Phi) is 9.74. The molecular formula is C35H50ClF3N4O4S. The van der Waals surface area contributed by atoms with E-state index in [4.69, 9.17) is 21.3 Å². The van der Waals surface area contributed by atoms with Crippen molar-refractivity contribution in [3.05, 3.63) is 27.4 Å². The molecule has 0 aromatic carbocycles. The van der Waals surface area contributed by atoms with Gasteiger partial charge in [0, 0.05) is 45.5 Å². The number of hydrogen-bond acceptors (Lipinski definition) is 7. The highest BCUT2D eigenvalue weighted by Gasteiger charge is 2.57. The van der Waals surface area contributed by atoms with Crippen molar-refractivity contribution in [3.8, 4) is 0 Å². The number of nitrogens with one attached hydrogen (secondary N) is 1. The summed E-state index contributed by atoms with van der Waals surface area (Å²) in [5.74, 6) is 0.0953. The van der Waals surface area contributed by atoms with Crippen LogP contribution in [0.5, 0.6) is 0 Å². The van der Waals surface area contributed by atoms with Crippen LogP contribution in [0.1, 0.15) is 88.7 Å².